The zero-order valence-electron chi connectivity index (χ0n) is 19.3. The standard InChI is InChI=1S/C24H33N3O5/c1-5-25-24(29)27(19-8-9-19)16-23(28)26(15-20-10-6-17(2)32-20)13-12-18-7-11-21(30-3)22(14-18)31-4/h6-7,10-11,14,19H,5,8-9,12-13,15-16H2,1-4H3,(H,25,29). The topological polar surface area (TPSA) is 84.3 Å². The third-order valence-corrected chi connectivity index (χ3v) is 5.50. The Bertz CT molecular complexity index is 922. The van der Waals surface area contributed by atoms with Gasteiger partial charge in [-0.25, -0.2) is 4.79 Å². The number of amides is 3. The zero-order chi connectivity index (χ0) is 23.1. The molecule has 0 atom stereocenters. The number of ether oxygens (including phenoxy) is 2. The Morgan fingerprint density at radius 1 is 1.12 bits per heavy atom. The monoisotopic (exact) mass is 443 g/mol. The number of hydrogen-bond acceptors (Lipinski definition) is 5. The average Bonchev–Trinajstić information content (AvgIpc) is 3.55. The number of carbonyl (C=O) groups is 2. The van der Waals surface area contributed by atoms with Crippen LogP contribution in [-0.4, -0.2) is 61.6 Å². The van der Waals surface area contributed by atoms with Gasteiger partial charge in [0.25, 0.3) is 0 Å². The van der Waals surface area contributed by atoms with Gasteiger partial charge in [0.1, 0.15) is 18.1 Å². The summed E-state index contributed by atoms with van der Waals surface area (Å²) in [6.07, 6.45) is 2.51. The van der Waals surface area contributed by atoms with E-state index in [1.807, 2.05) is 44.2 Å². The largest absolute Gasteiger partial charge is 0.493 e. The molecule has 1 saturated carbocycles. The molecule has 3 amide bonds. The minimum atomic E-state index is -0.183. The maximum Gasteiger partial charge on any atom is 0.318 e. The maximum atomic E-state index is 13.3. The summed E-state index contributed by atoms with van der Waals surface area (Å²) >= 11 is 0. The predicted molar refractivity (Wildman–Crippen MR) is 121 cm³/mol. The van der Waals surface area contributed by atoms with Crippen molar-refractivity contribution in [1.82, 2.24) is 15.1 Å². The number of urea groups is 1. The lowest BCUT2D eigenvalue weighted by Gasteiger charge is -2.27. The van der Waals surface area contributed by atoms with Crippen molar-refractivity contribution in [2.45, 2.75) is 45.7 Å². The Kier molecular flexibility index (Phi) is 8.03. The van der Waals surface area contributed by atoms with Gasteiger partial charge in [-0.05, 0) is 62.9 Å². The predicted octanol–water partition coefficient (Wildman–Crippen LogP) is 3.37. The van der Waals surface area contributed by atoms with Crippen molar-refractivity contribution in [3.8, 4) is 11.5 Å². The van der Waals surface area contributed by atoms with Gasteiger partial charge in [0.15, 0.2) is 11.5 Å². The molecule has 1 aliphatic carbocycles. The summed E-state index contributed by atoms with van der Waals surface area (Å²) in [6.45, 7) is 5.19. The summed E-state index contributed by atoms with van der Waals surface area (Å²) in [6, 6.07) is 9.48. The molecule has 1 N–H and O–H groups in total. The van der Waals surface area contributed by atoms with Crippen molar-refractivity contribution in [2.75, 3.05) is 33.9 Å². The van der Waals surface area contributed by atoms with Crippen LogP contribution in [0, 0.1) is 6.92 Å². The van der Waals surface area contributed by atoms with Crippen LogP contribution < -0.4 is 14.8 Å². The molecule has 3 rings (SSSR count). The van der Waals surface area contributed by atoms with E-state index in [0.717, 1.165) is 29.9 Å². The first-order chi connectivity index (χ1) is 15.4. The number of aryl methyl sites for hydroxylation is 1. The van der Waals surface area contributed by atoms with E-state index in [9.17, 15) is 9.59 Å². The summed E-state index contributed by atoms with van der Waals surface area (Å²) in [5, 5.41) is 2.82. The van der Waals surface area contributed by atoms with Crippen LogP contribution in [0.2, 0.25) is 0 Å². The van der Waals surface area contributed by atoms with Crippen LogP contribution in [0.5, 0.6) is 11.5 Å². The number of benzene rings is 1. The summed E-state index contributed by atoms with van der Waals surface area (Å²) < 4.78 is 16.4. The number of nitrogens with one attached hydrogen (secondary N) is 1. The van der Waals surface area contributed by atoms with Crippen LogP contribution in [-0.2, 0) is 17.8 Å². The zero-order valence-corrected chi connectivity index (χ0v) is 19.3. The van der Waals surface area contributed by atoms with Gasteiger partial charge in [0, 0.05) is 19.1 Å². The fourth-order valence-electron chi connectivity index (χ4n) is 3.60. The molecule has 0 aliphatic heterocycles. The molecule has 32 heavy (non-hydrogen) atoms. The van der Waals surface area contributed by atoms with Crippen molar-refractivity contribution < 1.29 is 23.5 Å². The normalized spacial score (nSPS) is 12.9. The van der Waals surface area contributed by atoms with Gasteiger partial charge in [-0.3, -0.25) is 4.79 Å². The highest BCUT2D eigenvalue weighted by atomic mass is 16.5. The SMILES string of the molecule is CCNC(=O)N(CC(=O)N(CCc1ccc(OC)c(OC)c1)Cc1ccc(C)o1)C1CC1. The Labute approximate surface area is 189 Å². The number of furan rings is 1. The summed E-state index contributed by atoms with van der Waals surface area (Å²) in [5.74, 6) is 2.74. The second kappa shape index (κ2) is 10.9. The van der Waals surface area contributed by atoms with Crippen molar-refractivity contribution >= 4 is 11.9 Å². The third kappa shape index (κ3) is 6.18. The fourth-order valence-corrected chi connectivity index (χ4v) is 3.60. The molecule has 8 nitrogen and oxygen atoms in total. The van der Waals surface area contributed by atoms with E-state index in [1.54, 1.807) is 24.0 Å². The number of methoxy groups -OCH3 is 2. The smallest absolute Gasteiger partial charge is 0.318 e. The Morgan fingerprint density at radius 3 is 2.47 bits per heavy atom. The van der Waals surface area contributed by atoms with Crippen LogP contribution in [0.15, 0.2) is 34.7 Å². The number of rotatable bonds is 11. The first-order valence-electron chi connectivity index (χ1n) is 11.0. The van der Waals surface area contributed by atoms with Gasteiger partial charge in [0.2, 0.25) is 5.91 Å². The molecule has 0 unspecified atom stereocenters. The Balaban J connectivity index is 1.72. The molecular weight excluding hydrogens is 410 g/mol. The number of hydrogen-bond donors (Lipinski definition) is 1. The van der Waals surface area contributed by atoms with Gasteiger partial charge in [-0.15, -0.1) is 0 Å². The lowest BCUT2D eigenvalue weighted by Crippen LogP contribution is -2.48. The van der Waals surface area contributed by atoms with Gasteiger partial charge in [0.05, 0.1) is 20.8 Å². The molecule has 0 radical (unpaired) electrons. The van der Waals surface area contributed by atoms with Gasteiger partial charge in [-0.2, -0.15) is 0 Å². The third-order valence-electron chi connectivity index (χ3n) is 5.50. The van der Waals surface area contributed by atoms with Crippen molar-refractivity contribution in [2.24, 2.45) is 0 Å². The van der Waals surface area contributed by atoms with Crippen LogP contribution in [0.4, 0.5) is 4.79 Å². The van der Waals surface area contributed by atoms with E-state index in [-0.39, 0.29) is 24.5 Å². The van der Waals surface area contributed by atoms with Gasteiger partial charge < -0.3 is 29.0 Å². The summed E-state index contributed by atoms with van der Waals surface area (Å²) in [5.41, 5.74) is 1.03. The fraction of sp³-hybridized carbons (Fsp3) is 0.500. The highest BCUT2D eigenvalue weighted by Gasteiger charge is 2.34. The van der Waals surface area contributed by atoms with Crippen LogP contribution in [0.3, 0.4) is 0 Å². The number of carbonyl (C=O) groups excluding carboxylic acids is 2. The Morgan fingerprint density at radius 2 is 1.88 bits per heavy atom. The van der Waals surface area contributed by atoms with E-state index < -0.39 is 0 Å². The molecule has 0 spiro atoms. The van der Waals surface area contributed by atoms with Crippen LogP contribution in [0.1, 0.15) is 36.8 Å². The quantitative estimate of drug-likeness (QED) is 0.576. The van der Waals surface area contributed by atoms with E-state index >= 15 is 0 Å². The van der Waals surface area contributed by atoms with Gasteiger partial charge in [-0.1, -0.05) is 6.07 Å². The molecule has 1 aromatic heterocycles. The first-order valence-corrected chi connectivity index (χ1v) is 11.0. The molecule has 0 bridgehead atoms. The lowest BCUT2D eigenvalue weighted by atomic mass is 10.1. The summed E-state index contributed by atoms with van der Waals surface area (Å²) in [7, 11) is 3.20. The molecular formula is C24H33N3O5. The van der Waals surface area contributed by atoms with Crippen molar-refractivity contribution in [3.05, 3.63) is 47.4 Å². The summed E-state index contributed by atoms with van der Waals surface area (Å²) in [4.78, 5) is 29.1. The van der Waals surface area contributed by atoms with Gasteiger partial charge >= 0.3 is 6.03 Å². The van der Waals surface area contributed by atoms with E-state index in [4.69, 9.17) is 13.9 Å². The molecule has 1 heterocycles. The highest BCUT2D eigenvalue weighted by Crippen LogP contribution is 2.28. The molecule has 0 saturated heterocycles. The van der Waals surface area contributed by atoms with Crippen molar-refractivity contribution in [1.29, 1.82) is 0 Å². The first kappa shape index (κ1) is 23.5. The minimum Gasteiger partial charge on any atom is -0.493 e. The van der Waals surface area contributed by atoms with E-state index in [1.165, 1.54) is 0 Å². The second-order valence-electron chi connectivity index (χ2n) is 7.96. The maximum absolute atomic E-state index is 13.3. The minimum absolute atomic E-state index is 0.0577. The molecule has 2 aromatic rings. The lowest BCUT2D eigenvalue weighted by molar-refractivity contribution is -0.132. The highest BCUT2D eigenvalue weighted by molar-refractivity contribution is 5.84. The van der Waals surface area contributed by atoms with Crippen molar-refractivity contribution in [3.63, 3.8) is 0 Å². The van der Waals surface area contributed by atoms with Crippen LogP contribution in [0.25, 0.3) is 0 Å². The van der Waals surface area contributed by atoms with Crippen LogP contribution >= 0.6 is 0 Å². The molecule has 1 fully saturated rings. The van der Waals surface area contributed by atoms with E-state index in [0.29, 0.717) is 37.6 Å². The molecule has 8 heteroatoms. The Hall–Kier alpha value is -3.16. The average molecular weight is 444 g/mol. The molecule has 1 aliphatic rings. The molecule has 1 aromatic carbocycles. The second-order valence-corrected chi connectivity index (χ2v) is 7.96. The molecule has 174 valence electrons. The van der Waals surface area contributed by atoms with E-state index in [2.05, 4.69) is 5.32 Å². The number of nitrogens with zero attached hydrogens (tertiary/aromatic N) is 2.